The topological polar surface area (TPSA) is 146 Å². The molecule has 0 unspecified atom stereocenters. The number of aromatic nitrogens is 6. The van der Waals surface area contributed by atoms with Crippen LogP contribution in [0.4, 0.5) is 17.3 Å². The number of halogens is 1. The van der Waals surface area contributed by atoms with Gasteiger partial charge in [0, 0.05) is 39.0 Å². The largest absolute Gasteiger partial charge is 0.382 e. The first kappa shape index (κ1) is 28.1. The van der Waals surface area contributed by atoms with Crippen LogP contribution in [-0.2, 0) is 11.8 Å². The minimum absolute atomic E-state index is 0.00185. The zero-order valence-corrected chi connectivity index (χ0v) is 24.4. The number of carbonyl (C=O) groups is 1. The minimum atomic E-state index is -0.563. The Hall–Kier alpha value is -5.07. The number of nitrogens with zero attached hydrogens (tertiary/aromatic N) is 7. The molecule has 43 heavy (non-hydrogen) atoms. The quantitative estimate of drug-likeness (QED) is 0.286. The van der Waals surface area contributed by atoms with E-state index in [0.29, 0.717) is 39.2 Å². The summed E-state index contributed by atoms with van der Waals surface area (Å²) in [7, 11) is 3.40. The van der Waals surface area contributed by atoms with Gasteiger partial charge in [-0.3, -0.25) is 19.3 Å². The molecule has 4 aromatic heterocycles. The van der Waals surface area contributed by atoms with Gasteiger partial charge in [-0.15, -0.1) is 0 Å². The maximum atomic E-state index is 13.3. The van der Waals surface area contributed by atoms with Crippen molar-refractivity contribution in [1.82, 2.24) is 29.3 Å². The minimum Gasteiger partial charge on any atom is -0.382 e. The molecule has 5 heterocycles. The Labute approximate surface area is 251 Å². The lowest BCUT2D eigenvalue weighted by molar-refractivity contribution is 0.0783. The number of ether oxygens (including phenoxy) is 1. The Morgan fingerprint density at radius 1 is 1.07 bits per heavy atom. The molecule has 5 aromatic rings. The zero-order chi connectivity index (χ0) is 30.2. The summed E-state index contributed by atoms with van der Waals surface area (Å²) in [5, 5.41) is 3.16. The predicted octanol–water partition coefficient (Wildman–Crippen LogP) is 3.72. The molecule has 1 saturated heterocycles. The van der Waals surface area contributed by atoms with Crippen LogP contribution in [0.1, 0.15) is 16.1 Å². The molecule has 0 bridgehead atoms. The molecule has 0 aliphatic carbocycles. The average Bonchev–Trinajstić information content (AvgIpc) is 3.21. The van der Waals surface area contributed by atoms with Crippen LogP contribution >= 0.6 is 11.6 Å². The summed E-state index contributed by atoms with van der Waals surface area (Å²) in [6, 6.07) is 14.1. The summed E-state index contributed by atoms with van der Waals surface area (Å²) in [6.45, 7) is 3.25. The highest BCUT2D eigenvalue weighted by molar-refractivity contribution is 6.32. The number of methoxy groups -OCH3 is 1. The smallest absolute Gasteiger partial charge is 0.284 e. The van der Waals surface area contributed by atoms with E-state index in [9.17, 15) is 9.59 Å². The first-order valence-corrected chi connectivity index (χ1v) is 13.8. The van der Waals surface area contributed by atoms with Gasteiger partial charge in [0.25, 0.3) is 11.5 Å². The molecule has 0 atom stereocenters. The molecule has 6 rings (SSSR count). The van der Waals surface area contributed by atoms with Gasteiger partial charge in [0.2, 0.25) is 0 Å². The van der Waals surface area contributed by atoms with E-state index in [1.165, 1.54) is 10.9 Å². The van der Waals surface area contributed by atoms with Crippen molar-refractivity contribution in [2.75, 3.05) is 36.1 Å². The molecule has 13 heteroatoms. The predicted molar refractivity (Wildman–Crippen MR) is 165 cm³/mol. The van der Waals surface area contributed by atoms with Crippen molar-refractivity contribution < 1.29 is 9.53 Å². The van der Waals surface area contributed by atoms with E-state index in [1.807, 2.05) is 12.1 Å². The zero-order valence-electron chi connectivity index (χ0n) is 23.7. The van der Waals surface area contributed by atoms with Crippen LogP contribution in [-0.4, -0.2) is 61.5 Å². The molecule has 1 aromatic carbocycles. The highest BCUT2D eigenvalue weighted by Crippen LogP contribution is 2.28. The third-order valence-corrected chi connectivity index (χ3v) is 7.79. The highest BCUT2D eigenvalue weighted by atomic mass is 35.5. The molecule has 1 aliphatic heterocycles. The van der Waals surface area contributed by atoms with Crippen LogP contribution < -0.4 is 21.5 Å². The van der Waals surface area contributed by atoms with Crippen molar-refractivity contribution in [1.29, 1.82) is 0 Å². The maximum Gasteiger partial charge on any atom is 0.284 e. The molecular weight excluding hydrogens is 570 g/mol. The first-order chi connectivity index (χ1) is 20.7. The van der Waals surface area contributed by atoms with E-state index in [-0.39, 0.29) is 17.5 Å². The third-order valence-electron chi connectivity index (χ3n) is 7.47. The van der Waals surface area contributed by atoms with Gasteiger partial charge in [-0.05, 0) is 43.3 Å². The van der Waals surface area contributed by atoms with Gasteiger partial charge in [0.05, 0.1) is 52.0 Å². The van der Waals surface area contributed by atoms with Crippen LogP contribution in [0.3, 0.4) is 0 Å². The number of nitrogens with one attached hydrogen (secondary N) is 1. The van der Waals surface area contributed by atoms with Gasteiger partial charge in [0.15, 0.2) is 5.82 Å². The second kappa shape index (κ2) is 11.3. The second-order valence-electron chi connectivity index (χ2n) is 10.1. The van der Waals surface area contributed by atoms with E-state index in [0.717, 1.165) is 24.5 Å². The van der Waals surface area contributed by atoms with Crippen molar-refractivity contribution in [2.24, 2.45) is 7.05 Å². The van der Waals surface area contributed by atoms with E-state index in [1.54, 1.807) is 74.6 Å². The Balaban J connectivity index is 1.23. The van der Waals surface area contributed by atoms with Gasteiger partial charge < -0.3 is 20.7 Å². The SMILES string of the molecule is COC1CN(c2cc(-c3cnc(N)c(-c4ccc(NC(=O)c5c(C)n(C)n(-c6ccccc6Cl)c5=O)cn4)n3)ccn2)C1. The molecule has 0 spiro atoms. The summed E-state index contributed by atoms with van der Waals surface area (Å²) in [5.74, 6) is 0.483. The standard InChI is InChI=1S/C30H28ClN9O3/c1-17-26(30(42)40(38(17)2)24-7-5-4-6-21(24)31)29(41)36-19-8-9-22(34-13-19)27-28(32)35-14-23(37-27)18-10-11-33-25(12-18)39-15-20(16-39)43-3/h4-14,20H,15-16H2,1-3H3,(H2,32,35)(H,36,41). The van der Waals surface area contributed by atoms with Crippen LogP contribution in [0.25, 0.3) is 28.3 Å². The van der Waals surface area contributed by atoms with Crippen molar-refractivity contribution in [2.45, 2.75) is 13.0 Å². The average molecular weight is 598 g/mol. The fourth-order valence-electron chi connectivity index (χ4n) is 4.92. The number of anilines is 3. The van der Waals surface area contributed by atoms with Gasteiger partial charge in [-0.1, -0.05) is 23.7 Å². The van der Waals surface area contributed by atoms with Crippen LogP contribution in [0.15, 0.2) is 71.9 Å². The third kappa shape index (κ3) is 5.22. The van der Waals surface area contributed by atoms with Crippen molar-refractivity contribution in [3.05, 3.63) is 93.8 Å². The first-order valence-electron chi connectivity index (χ1n) is 13.4. The Kier molecular flexibility index (Phi) is 7.38. The fraction of sp³-hybridized carbons (Fsp3) is 0.200. The molecule has 1 aliphatic rings. The molecular formula is C30H28ClN9O3. The number of nitrogens with two attached hydrogens (primary N) is 1. The number of nitrogen functional groups attached to an aromatic ring is 1. The summed E-state index contributed by atoms with van der Waals surface area (Å²) in [6.07, 6.45) is 5.02. The monoisotopic (exact) mass is 597 g/mol. The lowest BCUT2D eigenvalue weighted by atomic mass is 10.1. The van der Waals surface area contributed by atoms with Crippen LogP contribution in [0, 0.1) is 6.92 Å². The molecule has 0 saturated carbocycles. The van der Waals surface area contributed by atoms with E-state index < -0.39 is 11.5 Å². The number of hydrogen-bond acceptors (Lipinski definition) is 9. The maximum absolute atomic E-state index is 13.3. The molecule has 1 amide bonds. The number of carbonyl (C=O) groups excluding carboxylic acids is 1. The van der Waals surface area contributed by atoms with E-state index in [2.05, 4.69) is 25.2 Å². The second-order valence-corrected chi connectivity index (χ2v) is 10.5. The van der Waals surface area contributed by atoms with E-state index >= 15 is 0 Å². The van der Waals surface area contributed by atoms with Gasteiger partial charge in [-0.2, -0.15) is 0 Å². The molecule has 1 fully saturated rings. The molecule has 3 N–H and O–H groups in total. The number of para-hydroxylation sites is 1. The van der Waals surface area contributed by atoms with Crippen molar-refractivity contribution >= 4 is 34.8 Å². The summed E-state index contributed by atoms with van der Waals surface area (Å²) >= 11 is 6.32. The van der Waals surface area contributed by atoms with Crippen LogP contribution in [0.5, 0.6) is 0 Å². The number of hydrogen-bond donors (Lipinski definition) is 2. The molecule has 12 nitrogen and oxygen atoms in total. The molecule has 218 valence electrons. The Bertz CT molecular complexity index is 1900. The highest BCUT2D eigenvalue weighted by Gasteiger charge is 2.28. The van der Waals surface area contributed by atoms with Crippen LogP contribution in [0.2, 0.25) is 5.02 Å². The Morgan fingerprint density at radius 3 is 2.58 bits per heavy atom. The van der Waals surface area contributed by atoms with Gasteiger partial charge >= 0.3 is 0 Å². The van der Waals surface area contributed by atoms with Crippen molar-refractivity contribution in [3.8, 4) is 28.3 Å². The number of pyridine rings is 2. The summed E-state index contributed by atoms with van der Waals surface area (Å²) in [4.78, 5) is 46.7. The summed E-state index contributed by atoms with van der Waals surface area (Å²) < 4.78 is 8.33. The van der Waals surface area contributed by atoms with Gasteiger partial charge in [-0.25, -0.2) is 19.6 Å². The van der Waals surface area contributed by atoms with Gasteiger partial charge in [0.1, 0.15) is 17.1 Å². The Morgan fingerprint density at radius 2 is 1.86 bits per heavy atom. The lowest BCUT2D eigenvalue weighted by Gasteiger charge is -2.39. The number of rotatable bonds is 7. The number of amides is 1. The molecule has 0 radical (unpaired) electrons. The van der Waals surface area contributed by atoms with E-state index in [4.69, 9.17) is 27.1 Å². The van der Waals surface area contributed by atoms with Crippen molar-refractivity contribution in [3.63, 3.8) is 0 Å². The summed E-state index contributed by atoms with van der Waals surface area (Å²) in [5.41, 5.74) is 9.38. The normalized spacial score (nSPS) is 13.2. The number of benzene rings is 1. The fourth-order valence-corrected chi connectivity index (χ4v) is 5.13. The lowest BCUT2D eigenvalue weighted by Crippen LogP contribution is -2.52.